The predicted octanol–water partition coefficient (Wildman–Crippen LogP) is 4.88. The molecule has 0 amide bonds. The molecule has 0 nitrogen and oxygen atoms in total. The Labute approximate surface area is 101 Å². The minimum atomic E-state index is 0.0933. The first-order valence-electron chi connectivity index (χ1n) is 5.89. The zero-order valence-electron chi connectivity index (χ0n) is 11.6. The zero-order valence-corrected chi connectivity index (χ0v) is 11.6. The van der Waals surface area contributed by atoms with Crippen LogP contribution in [0, 0.1) is 17.3 Å². The van der Waals surface area contributed by atoms with E-state index in [1.807, 2.05) is 6.92 Å². The monoisotopic (exact) mass is 216 g/mol. The first-order chi connectivity index (χ1) is 7.38. The molecule has 0 heteroatoms. The van der Waals surface area contributed by atoms with Crippen LogP contribution in [0.25, 0.3) is 0 Å². The Morgan fingerprint density at radius 2 is 1.75 bits per heavy atom. The van der Waals surface area contributed by atoms with Gasteiger partial charge in [0.1, 0.15) is 0 Å². The van der Waals surface area contributed by atoms with E-state index in [1.165, 1.54) is 5.57 Å². The second-order valence-corrected chi connectivity index (χ2v) is 5.21. The summed E-state index contributed by atoms with van der Waals surface area (Å²) in [5, 5.41) is 0. The van der Waals surface area contributed by atoms with E-state index < -0.39 is 0 Å². The summed E-state index contributed by atoms with van der Waals surface area (Å²) >= 11 is 0. The van der Waals surface area contributed by atoms with Gasteiger partial charge in [-0.05, 0) is 39.7 Å². The Morgan fingerprint density at radius 1 is 1.12 bits per heavy atom. The molecule has 0 spiro atoms. The van der Waals surface area contributed by atoms with Crippen LogP contribution in [0.2, 0.25) is 0 Å². The van der Waals surface area contributed by atoms with Crippen LogP contribution in [0.4, 0.5) is 0 Å². The van der Waals surface area contributed by atoms with Crippen molar-refractivity contribution in [1.82, 2.24) is 0 Å². The van der Waals surface area contributed by atoms with Gasteiger partial charge >= 0.3 is 0 Å². The van der Waals surface area contributed by atoms with Gasteiger partial charge in [-0.15, -0.1) is 11.7 Å². The van der Waals surface area contributed by atoms with Gasteiger partial charge < -0.3 is 0 Å². The van der Waals surface area contributed by atoms with Crippen LogP contribution in [0.3, 0.4) is 0 Å². The molecule has 0 aliphatic carbocycles. The Hall–Kier alpha value is -1.18. The lowest BCUT2D eigenvalue weighted by atomic mass is 9.87. The Balaban J connectivity index is 4.61. The second kappa shape index (κ2) is 7.15. The lowest BCUT2D eigenvalue weighted by molar-refractivity contribution is 0.522. The molecule has 0 atom stereocenters. The van der Waals surface area contributed by atoms with Gasteiger partial charge in [0.05, 0.1) is 0 Å². The van der Waals surface area contributed by atoms with Crippen molar-refractivity contribution in [3.63, 3.8) is 0 Å². The number of hydrogen-bond donors (Lipinski definition) is 0. The van der Waals surface area contributed by atoms with Gasteiger partial charge in [0, 0.05) is 11.0 Å². The zero-order chi connectivity index (χ0) is 12.6. The molecule has 0 N–H and O–H groups in total. The van der Waals surface area contributed by atoms with E-state index in [-0.39, 0.29) is 5.41 Å². The largest absolute Gasteiger partial charge is 0.112 e. The highest BCUT2D eigenvalue weighted by molar-refractivity contribution is 5.32. The predicted molar refractivity (Wildman–Crippen MR) is 73.2 cm³/mol. The molecular weight excluding hydrogens is 192 g/mol. The molecule has 0 rings (SSSR count). The van der Waals surface area contributed by atoms with Gasteiger partial charge in [0.2, 0.25) is 0 Å². The summed E-state index contributed by atoms with van der Waals surface area (Å²) in [7, 11) is 0. The van der Waals surface area contributed by atoms with Gasteiger partial charge in [0.15, 0.2) is 0 Å². The first kappa shape index (κ1) is 14.8. The average Bonchev–Trinajstić information content (AvgIpc) is 2.13. The molecule has 0 fully saturated rings. The van der Waals surface area contributed by atoms with E-state index in [0.717, 1.165) is 18.4 Å². The SMILES string of the molecule is CC#CC(=C=CCCC=C(C)C)C(C)(C)C. The minimum Gasteiger partial charge on any atom is -0.112 e. The molecule has 0 aromatic heterocycles. The summed E-state index contributed by atoms with van der Waals surface area (Å²) in [5.74, 6) is 6.08. The highest BCUT2D eigenvalue weighted by atomic mass is 14.2. The van der Waals surface area contributed by atoms with Crippen molar-refractivity contribution < 1.29 is 0 Å². The molecule has 0 unspecified atom stereocenters. The van der Waals surface area contributed by atoms with Crippen LogP contribution >= 0.6 is 0 Å². The average molecular weight is 216 g/mol. The summed E-state index contributed by atoms with van der Waals surface area (Å²) in [6.45, 7) is 12.6. The van der Waals surface area contributed by atoms with E-state index in [2.05, 4.69) is 64.3 Å². The number of allylic oxidation sites excluding steroid dienone is 3. The van der Waals surface area contributed by atoms with Gasteiger partial charge in [-0.1, -0.05) is 38.3 Å². The minimum absolute atomic E-state index is 0.0933. The van der Waals surface area contributed by atoms with E-state index >= 15 is 0 Å². The Kier molecular flexibility index (Phi) is 6.63. The molecule has 0 heterocycles. The van der Waals surface area contributed by atoms with E-state index in [0.29, 0.717) is 0 Å². The van der Waals surface area contributed by atoms with Crippen molar-refractivity contribution in [2.45, 2.75) is 54.4 Å². The van der Waals surface area contributed by atoms with E-state index in [1.54, 1.807) is 0 Å². The van der Waals surface area contributed by atoms with Crippen LogP contribution in [0.15, 0.2) is 29.0 Å². The highest BCUT2D eigenvalue weighted by Crippen LogP contribution is 2.23. The fraction of sp³-hybridized carbons (Fsp3) is 0.562. The van der Waals surface area contributed by atoms with E-state index in [9.17, 15) is 0 Å². The van der Waals surface area contributed by atoms with Crippen LogP contribution in [0.1, 0.15) is 54.4 Å². The molecule has 0 aromatic rings. The van der Waals surface area contributed by atoms with Crippen molar-refractivity contribution in [2.24, 2.45) is 5.41 Å². The third-order valence-corrected chi connectivity index (χ3v) is 2.11. The van der Waals surface area contributed by atoms with Crippen molar-refractivity contribution >= 4 is 0 Å². The molecule has 0 saturated carbocycles. The van der Waals surface area contributed by atoms with E-state index in [4.69, 9.17) is 0 Å². The van der Waals surface area contributed by atoms with Gasteiger partial charge in [-0.3, -0.25) is 0 Å². The molecule has 0 aliphatic rings. The third-order valence-electron chi connectivity index (χ3n) is 2.11. The Morgan fingerprint density at radius 3 is 2.19 bits per heavy atom. The second-order valence-electron chi connectivity index (χ2n) is 5.21. The summed E-state index contributed by atoms with van der Waals surface area (Å²) in [4.78, 5) is 0. The molecule has 0 saturated heterocycles. The first-order valence-corrected chi connectivity index (χ1v) is 5.89. The number of hydrogen-bond acceptors (Lipinski definition) is 0. The van der Waals surface area contributed by atoms with Crippen LogP contribution in [0.5, 0.6) is 0 Å². The molecule has 0 radical (unpaired) electrons. The maximum Gasteiger partial charge on any atom is 0.0488 e. The van der Waals surface area contributed by atoms with Gasteiger partial charge in [-0.25, -0.2) is 0 Å². The standard InChI is InChI=1S/C16H24/c1-7-11-15(16(4,5)6)13-10-8-9-12-14(2)3/h10,12H,8-9H2,1-6H3. The lowest BCUT2D eigenvalue weighted by Gasteiger charge is -2.15. The van der Waals surface area contributed by atoms with Crippen LogP contribution < -0.4 is 0 Å². The maximum atomic E-state index is 3.32. The van der Waals surface area contributed by atoms with Crippen LogP contribution in [-0.2, 0) is 0 Å². The fourth-order valence-corrected chi connectivity index (χ4v) is 1.19. The molecular formula is C16H24. The van der Waals surface area contributed by atoms with Gasteiger partial charge in [0.25, 0.3) is 0 Å². The molecule has 0 aromatic carbocycles. The summed E-state index contributed by atoms with van der Waals surface area (Å²) in [5.41, 5.74) is 5.88. The third kappa shape index (κ3) is 7.16. The summed E-state index contributed by atoms with van der Waals surface area (Å²) < 4.78 is 0. The molecule has 16 heavy (non-hydrogen) atoms. The quantitative estimate of drug-likeness (QED) is 0.273. The van der Waals surface area contributed by atoms with Crippen molar-refractivity contribution in [3.05, 3.63) is 29.0 Å². The summed E-state index contributed by atoms with van der Waals surface area (Å²) in [6.07, 6.45) is 6.48. The molecule has 0 aliphatic heterocycles. The van der Waals surface area contributed by atoms with Crippen molar-refractivity contribution in [1.29, 1.82) is 0 Å². The van der Waals surface area contributed by atoms with Crippen molar-refractivity contribution in [2.75, 3.05) is 0 Å². The van der Waals surface area contributed by atoms with Crippen molar-refractivity contribution in [3.8, 4) is 11.8 Å². The highest BCUT2D eigenvalue weighted by Gasteiger charge is 2.14. The number of rotatable bonds is 3. The fourth-order valence-electron chi connectivity index (χ4n) is 1.19. The van der Waals surface area contributed by atoms with Gasteiger partial charge in [-0.2, -0.15) is 0 Å². The topological polar surface area (TPSA) is 0 Å². The van der Waals surface area contributed by atoms with Crippen LogP contribution in [-0.4, -0.2) is 0 Å². The lowest BCUT2D eigenvalue weighted by Crippen LogP contribution is -2.06. The summed E-state index contributed by atoms with van der Waals surface area (Å²) in [6, 6.07) is 0. The normalized spacial score (nSPS) is 9.62. The maximum absolute atomic E-state index is 3.32. The molecule has 88 valence electrons. The molecule has 0 bridgehead atoms. The number of unbranched alkanes of at least 4 members (excludes halogenated alkanes) is 1. The Bertz CT molecular complexity index is 351. The smallest absolute Gasteiger partial charge is 0.0488 e.